The second-order valence-electron chi connectivity index (χ2n) is 6.83. The van der Waals surface area contributed by atoms with E-state index in [4.69, 9.17) is 0 Å². The Morgan fingerprint density at radius 3 is 2.37 bits per heavy atom. The molecule has 0 radical (unpaired) electrons. The van der Waals surface area contributed by atoms with Crippen LogP contribution in [0.5, 0.6) is 5.88 Å². The topological polar surface area (TPSA) is 142 Å². The van der Waals surface area contributed by atoms with Crippen molar-refractivity contribution in [1.29, 1.82) is 0 Å². The Kier molecular flexibility index (Phi) is 5.21. The molecule has 0 aliphatic rings. The first kappa shape index (κ1) is 19.6. The molecule has 0 unspecified atom stereocenters. The molecule has 30 heavy (non-hydrogen) atoms. The van der Waals surface area contributed by atoms with Crippen LogP contribution >= 0.6 is 0 Å². The summed E-state index contributed by atoms with van der Waals surface area (Å²) in [6, 6.07) is 12.0. The Labute approximate surface area is 170 Å². The largest absolute Gasteiger partial charge is 0.494 e. The third kappa shape index (κ3) is 3.19. The number of hydrogen-bond acceptors (Lipinski definition) is 6. The zero-order valence-electron chi connectivity index (χ0n) is 15.9. The van der Waals surface area contributed by atoms with Gasteiger partial charge in [-0.1, -0.05) is 18.2 Å². The minimum Gasteiger partial charge on any atom is -0.494 e. The highest BCUT2D eigenvalue weighted by Crippen LogP contribution is 2.44. The van der Waals surface area contributed by atoms with Crippen LogP contribution in [0.1, 0.15) is 10.4 Å². The number of para-hydroxylation sites is 1. The molecule has 1 amide bonds. The predicted octanol–water partition coefficient (Wildman–Crippen LogP) is 2.85. The molecule has 0 atom stereocenters. The van der Waals surface area contributed by atoms with Crippen molar-refractivity contribution in [3.63, 3.8) is 0 Å². The van der Waals surface area contributed by atoms with Crippen LogP contribution in [0.4, 0.5) is 5.69 Å². The second-order valence-corrected chi connectivity index (χ2v) is 6.83. The zero-order valence-corrected chi connectivity index (χ0v) is 15.9. The molecule has 0 saturated carbocycles. The number of aromatic hydroxyl groups is 1. The van der Waals surface area contributed by atoms with Gasteiger partial charge in [0.05, 0.1) is 24.5 Å². The van der Waals surface area contributed by atoms with E-state index in [0.717, 1.165) is 0 Å². The van der Waals surface area contributed by atoms with Gasteiger partial charge in [-0.3, -0.25) is 4.79 Å². The van der Waals surface area contributed by atoms with Crippen LogP contribution in [0, 0.1) is 4.91 Å². The van der Waals surface area contributed by atoms with E-state index in [-0.39, 0.29) is 43.8 Å². The van der Waals surface area contributed by atoms with Crippen LogP contribution in [-0.2, 0) is 0 Å². The predicted molar refractivity (Wildman–Crippen MR) is 113 cm³/mol. The van der Waals surface area contributed by atoms with E-state index >= 15 is 0 Å². The number of carbonyl (C=O) groups is 1. The summed E-state index contributed by atoms with van der Waals surface area (Å²) >= 11 is 0. The lowest BCUT2D eigenvalue weighted by Crippen LogP contribution is -2.35. The van der Waals surface area contributed by atoms with Gasteiger partial charge in [0, 0.05) is 40.5 Å². The number of nitrogens with one attached hydrogen (secondary N) is 2. The Morgan fingerprint density at radius 2 is 1.67 bits per heavy atom. The molecule has 9 nitrogen and oxygen atoms in total. The molecule has 154 valence electrons. The average molecular weight is 408 g/mol. The zero-order chi connectivity index (χ0) is 21.3. The molecule has 0 saturated heterocycles. The molecule has 0 aliphatic carbocycles. The molecule has 4 rings (SSSR count). The highest BCUT2D eigenvalue weighted by Gasteiger charge is 2.23. The summed E-state index contributed by atoms with van der Waals surface area (Å²) in [5.41, 5.74) is 2.44. The number of hydrogen-bond donors (Lipinski definition) is 5. The lowest BCUT2D eigenvalue weighted by Gasteiger charge is -2.20. The standard InChI is InChI=1S/C21H20N4O5/c26-9-7-25(8-10-27)21(29)12-5-6-16-14(11-12)17(20(28)23-16)19-18(24-30)13-3-1-2-4-15(13)22-19/h1-6,11,22-23,26-28H,7-10H2. The Balaban J connectivity index is 1.88. The number of aromatic amines is 2. The van der Waals surface area contributed by atoms with Crippen molar-refractivity contribution in [2.75, 3.05) is 26.3 Å². The number of fused-ring (bicyclic) bond motifs is 2. The Bertz CT molecular complexity index is 1240. The number of H-pyrrole nitrogens is 2. The Hall–Kier alpha value is -3.69. The normalized spacial score (nSPS) is 11.3. The van der Waals surface area contributed by atoms with E-state index in [2.05, 4.69) is 15.1 Å². The summed E-state index contributed by atoms with van der Waals surface area (Å²) in [4.78, 5) is 31.7. The van der Waals surface area contributed by atoms with Crippen molar-refractivity contribution in [2.45, 2.75) is 0 Å². The van der Waals surface area contributed by atoms with Crippen molar-refractivity contribution in [1.82, 2.24) is 14.9 Å². The molecule has 0 fully saturated rings. The molecule has 2 aromatic carbocycles. The monoisotopic (exact) mass is 408 g/mol. The molecular weight excluding hydrogens is 388 g/mol. The van der Waals surface area contributed by atoms with Crippen molar-refractivity contribution in [3.8, 4) is 17.1 Å². The van der Waals surface area contributed by atoms with Gasteiger partial charge < -0.3 is 30.2 Å². The first-order valence-corrected chi connectivity index (χ1v) is 9.39. The maximum Gasteiger partial charge on any atom is 0.254 e. The van der Waals surface area contributed by atoms with Crippen molar-refractivity contribution < 1.29 is 20.1 Å². The number of nitrogens with zero attached hydrogens (tertiary/aromatic N) is 2. The smallest absolute Gasteiger partial charge is 0.254 e. The van der Waals surface area contributed by atoms with E-state index in [1.54, 1.807) is 36.4 Å². The number of aliphatic hydroxyl groups excluding tert-OH is 2. The summed E-state index contributed by atoms with van der Waals surface area (Å²) in [6.45, 7) is -0.283. The fourth-order valence-corrected chi connectivity index (χ4v) is 3.71. The minimum atomic E-state index is -0.364. The van der Waals surface area contributed by atoms with Crippen LogP contribution in [0.25, 0.3) is 33.1 Å². The van der Waals surface area contributed by atoms with E-state index in [0.29, 0.717) is 38.6 Å². The summed E-state index contributed by atoms with van der Waals surface area (Å²) in [7, 11) is 0. The minimum absolute atomic E-state index is 0.0872. The van der Waals surface area contributed by atoms with E-state index < -0.39 is 0 Å². The maximum absolute atomic E-state index is 12.8. The lowest BCUT2D eigenvalue weighted by atomic mass is 10.0. The number of amides is 1. The molecular formula is C21H20N4O5. The van der Waals surface area contributed by atoms with Gasteiger partial charge in [0.25, 0.3) is 5.91 Å². The van der Waals surface area contributed by atoms with Gasteiger partial charge in [0.1, 0.15) is 5.69 Å². The molecule has 4 aromatic rings. The molecule has 5 N–H and O–H groups in total. The first-order valence-electron chi connectivity index (χ1n) is 9.39. The van der Waals surface area contributed by atoms with Gasteiger partial charge in [-0.15, -0.1) is 4.91 Å². The third-order valence-corrected chi connectivity index (χ3v) is 5.07. The van der Waals surface area contributed by atoms with Gasteiger partial charge in [-0.25, -0.2) is 0 Å². The molecule has 9 heteroatoms. The van der Waals surface area contributed by atoms with Gasteiger partial charge >= 0.3 is 0 Å². The van der Waals surface area contributed by atoms with Crippen molar-refractivity contribution in [2.24, 2.45) is 5.18 Å². The average Bonchev–Trinajstić information content (AvgIpc) is 3.28. The fourth-order valence-electron chi connectivity index (χ4n) is 3.71. The van der Waals surface area contributed by atoms with Gasteiger partial charge in [0.15, 0.2) is 5.88 Å². The molecule has 0 aliphatic heterocycles. The second kappa shape index (κ2) is 7.97. The van der Waals surface area contributed by atoms with Gasteiger partial charge in [0.2, 0.25) is 0 Å². The summed E-state index contributed by atoms with van der Waals surface area (Å²) in [5.74, 6) is -0.523. The quantitative estimate of drug-likeness (QED) is 0.299. The van der Waals surface area contributed by atoms with E-state index in [1.165, 1.54) is 4.90 Å². The Morgan fingerprint density at radius 1 is 0.967 bits per heavy atom. The van der Waals surface area contributed by atoms with Crippen LogP contribution in [-0.4, -0.2) is 62.4 Å². The number of aromatic nitrogens is 2. The molecule has 2 heterocycles. The fraction of sp³-hybridized carbons (Fsp3) is 0.190. The van der Waals surface area contributed by atoms with Gasteiger partial charge in [-0.2, -0.15) is 0 Å². The SMILES string of the molecule is O=Nc1c(-c2c(O)[nH]c3ccc(C(=O)N(CCO)CCO)cc23)[nH]c2ccccc12. The highest BCUT2D eigenvalue weighted by molar-refractivity contribution is 6.09. The summed E-state index contributed by atoms with van der Waals surface area (Å²) in [5, 5.41) is 33.3. The molecule has 2 aromatic heterocycles. The van der Waals surface area contributed by atoms with E-state index in [9.17, 15) is 25.0 Å². The van der Waals surface area contributed by atoms with Crippen molar-refractivity contribution >= 4 is 33.4 Å². The van der Waals surface area contributed by atoms with Crippen LogP contribution in [0.2, 0.25) is 0 Å². The van der Waals surface area contributed by atoms with Crippen LogP contribution in [0.3, 0.4) is 0 Å². The van der Waals surface area contributed by atoms with Gasteiger partial charge in [-0.05, 0) is 29.4 Å². The molecule has 0 spiro atoms. The summed E-state index contributed by atoms with van der Waals surface area (Å²) in [6.07, 6.45) is 0. The highest BCUT2D eigenvalue weighted by atomic mass is 16.3. The third-order valence-electron chi connectivity index (χ3n) is 5.07. The summed E-state index contributed by atoms with van der Waals surface area (Å²) < 4.78 is 0. The number of carbonyl (C=O) groups excluding carboxylic acids is 1. The first-order chi connectivity index (χ1) is 14.6. The maximum atomic E-state index is 12.8. The van der Waals surface area contributed by atoms with Crippen LogP contribution in [0.15, 0.2) is 47.6 Å². The molecule has 0 bridgehead atoms. The lowest BCUT2D eigenvalue weighted by molar-refractivity contribution is 0.0685. The number of aliphatic hydroxyl groups is 2. The van der Waals surface area contributed by atoms with E-state index in [1.807, 2.05) is 6.07 Å². The number of benzene rings is 2. The van der Waals surface area contributed by atoms with Crippen molar-refractivity contribution in [3.05, 3.63) is 52.9 Å². The number of nitroso groups, excluding NO2 is 1. The van der Waals surface area contributed by atoms with Crippen LogP contribution < -0.4 is 0 Å². The number of rotatable bonds is 7.